The highest BCUT2D eigenvalue weighted by Crippen LogP contribution is 2.34. The average Bonchev–Trinajstić information content (AvgIpc) is 3.09. The molecule has 21 heavy (non-hydrogen) atoms. The lowest BCUT2D eigenvalue weighted by Gasteiger charge is -2.14. The Morgan fingerprint density at radius 3 is 2.62 bits per heavy atom. The molecule has 1 N–H and O–H groups in total. The average molecular weight is 295 g/mol. The second kappa shape index (κ2) is 5.52. The summed E-state index contributed by atoms with van der Waals surface area (Å²) in [5, 5.41) is 7.16. The first-order chi connectivity index (χ1) is 10.1. The molecule has 2 aromatic rings. The molecule has 1 aromatic heterocycles. The fourth-order valence-corrected chi connectivity index (χ4v) is 2.76. The van der Waals surface area contributed by atoms with Gasteiger partial charge in [0.05, 0.1) is 23.1 Å². The topological polar surface area (TPSA) is 29.9 Å². The van der Waals surface area contributed by atoms with E-state index in [9.17, 15) is 13.2 Å². The molecule has 0 bridgehead atoms. The molecule has 3 rings (SSSR count). The fourth-order valence-electron chi connectivity index (χ4n) is 2.76. The molecule has 1 aromatic carbocycles. The van der Waals surface area contributed by atoms with Crippen molar-refractivity contribution in [2.45, 2.75) is 19.0 Å². The van der Waals surface area contributed by atoms with Gasteiger partial charge in [0.2, 0.25) is 0 Å². The molecule has 1 aliphatic heterocycles. The zero-order valence-corrected chi connectivity index (χ0v) is 11.4. The van der Waals surface area contributed by atoms with Gasteiger partial charge in [-0.15, -0.1) is 0 Å². The first-order valence-corrected chi connectivity index (χ1v) is 6.96. The van der Waals surface area contributed by atoms with Crippen LogP contribution in [0.5, 0.6) is 0 Å². The number of para-hydroxylation sites is 1. The molecule has 1 atom stereocenters. The van der Waals surface area contributed by atoms with E-state index >= 15 is 0 Å². The molecule has 2 heterocycles. The predicted molar refractivity (Wildman–Crippen MR) is 73.2 cm³/mol. The Balaban J connectivity index is 2.01. The molecule has 0 aliphatic carbocycles. The van der Waals surface area contributed by atoms with Crippen LogP contribution in [0.25, 0.3) is 5.69 Å². The van der Waals surface area contributed by atoms with E-state index in [1.807, 2.05) is 6.07 Å². The zero-order valence-electron chi connectivity index (χ0n) is 11.4. The molecule has 1 fully saturated rings. The van der Waals surface area contributed by atoms with Crippen molar-refractivity contribution in [1.82, 2.24) is 15.1 Å². The van der Waals surface area contributed by atoms with Gasteiger partial charge in [0.1, 0.15) is 0 Å². The molecule has 6 heteroatoms. The molecule has 112 valence electrons. The number of hydrogen-bond acceptors (Lipinski definition) is 2. The van der Waals surface area contributed by atoms with Gasteiger partial charge < -0.3 is 5.32 Å². The lowest BCUT2D eigenvalue weighted by atomic mass is 10.00. The highest BCUT2D eigenvalue weighted by Gasteiger charge is 2.37. The van der Waals surface area contributed by atoms with Crippen molar-refractivity contribution in [3.63, 3.8) is 0 Å². The summed E-state index contributed by atoms with van der Waals surface area (Å²) >= 11 is 0. The predicted octanol–water partition coefficient (Wildman–Crippen LogP) is 3.04. The summed E-state index contributed by atoms with van der Waals surface area (Å²) in [7, 11) is 0. The summed E-state index contributed by atoms with van der Waals surface area (Å²) in [5.41, 5.74) is 0.287. The van der Waals surface area contributed by atoms with Crippen LogP contribution in [0.2, 0.25) is 0 Å². The number of nitrogens with zero attached hydrogens (tertiary/aromatic N) is 2. The lowest BCUT2D eigenvalue weighted by molar-refractivity contribution is -0.138. The Kier molecular flexibility index (Phi) is 3.71. The van der Waals surface area contributed by atoms with Gasteiger partial charge in [-0.25, -0.2) is 4.68 Å². The largest absolute Gasteiger partial charge is 0.419 e. The van der Waals surface area contributed by atoms with E-state index in [0.29, 0.717) is 12.1 Å². The van der Waals surface area contributed by atoms with Gasteiger partial charge in [0.25, 0.3) is 0 Å². The Morgan fingerprint density at radius 2 is 2.00 bits per heavy atom. The van der Waals surface area contributed by atoms with Crippen LogP contribution in [-0.4, -0.2) is 22.9 Å². The first kappa shape index (κ1) is 14.1. The van der Waals surface area contributed by atoms with Gasteiger partial charge in [-0.3, -0.25) is 0 Å². The van der Waals surface area contributed by atoms with E-state index in [2.05, 4.69) is 10.4 Å². The van der Waals surface area contributed by atoms with E-state index in [4.69, 9.17) is 0 Å². The Morgan fingerprint density at radius 1 is 1.24 bits per heavy atom. The smallest absolute Gasteiger partial charge is 0.316 e. The van der Waals surface area contributed by atoms with Crippen LogP contribution >= 0.6 is 0 Å². The minimum atomic E-state index is -4.37. The standard InChI is InChI=1S/C15H16F3N3/c16-15(17,18)13-10-20-21(12-4-2-1-3-5-12)14(13)8-11-6-7-19-9-11/h1-5,10-11,19H,6-9H2. The van der Waals surface area contributed by atoms with Crippen molar-refractivity contribution in [2.75, 3.05) is 13.1 Å². The van der Waals surface area contributed by atoms with Crippen LogP contribution in [0.3, 0.4) is 0 Å². The minimum Gasteiger partial charge on any atom is -0.316 e. The molecule has 3 nitrogen and oxygen atoms in total. The number of halogens is 3. The van der Waals surface area contributed by atoms with E-state index in [1.54, 1.807) is 24.3 Å². The summed E-state index contributed by atoms with van der Waals surface area (Å²) < 4.78 is 41.0. The maximum Gasteiger partial charge on any atom is 0.419 e. The van der Waals surface area contributed by atoms with Crippen molar-refractivity contribution >= 4 is 0 Å². The second-order valence-electron chi connectivity index (χ2n) is 5.31. The van der Waals surface area contributed by atoms with Gasteiger partial charge in [0.15, 0.2) is 0 Å². The fraction of sp³-hybridized carbons (Fsp3) is 0.400. The van der Waals surface area contributed by atoms with E-state index in [0.717, 1.165) is 25.7 Å². The molecular formula is C15H16F3N3. The minimum absolute atomic E-state index is 0.227. The second-order valence-corrected chi connectivity index (χ2v) is 5.31. The number of aromatic nitrogens is 2. The third-order valence-corrected chi connectivity index (χ3v) is 3.82. The third-order valence-electron chi connectivity index (χ3n) is 3.82. The lowest BCUT2D eigenvalue weighted by Crippen LogP contribution is -2.16. The highest BCUT2D eigenvalue weighted by atomic mass is 19.4. The molecule has 1 unspecified atom stereocenters. The summed E-state index contributed by atoms with van der Waals surface area (Å²) in [6.07, 6.45) is -2.15. The van der Waals surface area contributed by atoms with Crippen molar-refractivity contribution in [2.24, 2.45) is 5.92 Å². The number of alkyl halides is 3. The quantitative estimate of drug-likeness (QED) is 0.943. The third kappa shape index (κ3) is 2.95. The molecule has 0 saturated carbocycles. The Labute approximate surface area is 120 Å². The molecule has 1 saturated heterocycles. The van der Waals surface area contributed by atoms with Crippen molar-refractivity contribution in [1.29, 1.82) is 0 Å². The zero-order chi connectivity index (χ0) is 14.9. The maximum atomic E-state index is 13.2. The van der Waals surface area contributed by atoms with Crippen molar-refractivity contribution in [3.8, 4) is 5.69 Å². The monoisotopic (exact) mass is 295 g/mol. The normalized spacial score (nSPS) is 19.1. The van der Waals surface area contributed by atoms with Gasteiger partial charge in [-0.2, -0.15) is 18.3 Å². The van der Waals surface area contributed by atoms with Crippen molar-refractivity contribution < 1.29 is 13.2 Å². The summed E-state index contributed by atoms with van der Waals surface area (Å²) in [4.78, 5) is 0. The van der Waals surface area contributed by atoms with Crippen LogP contribution in [0, 0.1) is 5.92 Å². The molecule has 1 aliphatic rings. The molecule has 0 radical (unpaired) electrons. The van der Waals surface area contributed by atoms with E-state index in [-0.39, 0.29) is 11.6 Å². The molecular weight excluding hydrogens is 279 g/mol. The summed E-state index contributed by atoms with van der Waals surface area (Å²) in [5.74, 6) is 0.227. The Hall–Kier alpha value is -1.82. The number of rotatable bonds is 3. The van der Waals surface area contributed by atoms with Gasteiger partial charge in [-0.1, -0.05) is 18.2 Å². The maximum absolute atomic E-state index is 13.2. The van der Waals surface area contributed by atoms with Gasteiger partial charge in [0, 0.05) is 0 Å². The van der Waals surface area contributed by atoms with Crippen LogP contribution in [0.15, 0.2) is 36.5 Å². The SMILES string of the molecule is FC(F)(F)c1cnn(-c2ccccc2)c1CC1CCNC1. The number of hydrogen-bond donors (Lipinski definition) is 1. The van der Waals surface area contributed by atoms with Crippen LogP contribution in [-0.2, 0) is 12.6 Å². The van der Waals surface area contributed by atoms with E-state index in [1.165, 1.54) is 4.68 Å². The number of benzene rings is 1. The van der Waals surface area contributed by atoms with Gasteiger partial charge in [-0.05, 0) is 44.0 Å². The summed E-state index contributed by atoms with van der Waals surface area (Å²) in [6.45, 7) is 1.63. The molecule has 0 spiro atoms. The van der Waals surface area contributed by atoms with E-state index < -0.39 is 11.7 Å². The van der Waals surface area contributed by atoms with Crippen LogP contribution < -0.4 is 5.32 Å². The van der Waals surface area contributed by atoms with Crippen molar-refractivity contribution in [3.05, 3.63) is 47.8 Å². The Bertz CT molecular complexity index is 598. The molecule has 0 amide bonds. The van der Waals surface area contributed by atoms with Gasteiger partial charge >= 0.3 is 6.18 Å². The first-order valence-electron chi connectivity index (χ1n) is 6.96. The van der Waals surface area contributed by atoms with Crippen LogP contribution in [0.4, 0.5) is 13.2 Å². The highest BCUT2D eigenvalue weighted by molar-refractivity contribution is 5.36. The summed E-state index contributed by atoms with van der Waals surface area (Å²) in [6, 6.07) is 8.96. The number of nitrogens with one attached hydrogen (secondary N) is 1. The van der Waals surface area contributed by atoms with Crippen LogP contribution in [0.1, 0.15) is 17.7 Å².